The van der Waals surface area contributed by atoms with E-state index < -0.39 is 0 Å². The number of nitrogens with zero attached hydrogens (tertiary/aromatic N) is 1. The van der Waals surface area contributed by atoms with Crippen molar-refractivity contribution in [3.05, 3.63) is 57.8 Å². The number of likely N-dealkylation sites (tertiary alicyclic amines) is 1. The zero-order valence-corrected chi connectivity index (χ0v) is 16.7. The molecule has 4 rings (SSSR count). The fourth-order valence-electron chi connectivity index (χ4n) is 4.11. The molecule has 1 spiro atoms. The van der Waals surface area contributed by atoms with Crippen LogP contribution in [0.4, 0.5) is 0 Å². The van der Waals surface area contributed by atoms with E-state index in [1.54, 1.807) is 11.3 Å². The van der Waals surface area contributed by atoms with Gasteiger partial charge in [0.05, 0.1) is 23.2 Å². The van der Waals surface area contributed by atoms with Crippen molar-refractivity contribution in [1.82, 2.24) is 4.90 Å². The topological polar surface area (TPSA) is 38.8 Å². The molecule has 2 aliphatic rings. The molecule has 4 nitrogen and oxygen atoms in total. The second-order valence-electron chi connectivity index (χ2n) is 7.67. The van der Waals surface area contributed by atoms with Crippen LogP contribution in [0.5, 0.6) is 0 Å². The Hall–Kier alpha value is -1.69. The predicted molar refractivity (Wildman–Crippen MR) is 107 cm³/mol. The molecule has 2 saturated heterocycles. The van der Waals surface area contributed by atoms with Gasteiger partial charge in [0, 0.05) is 26.1 Å². The summed E-state index contributed by atoms with van der Waals surface area (Å²) in [4.78, 5) is 15.6. The monoisotopic (exact) mass is 385 g/mol. The molecule has 2 aromatic rings. The van der Waals surface area contributed by atoms with Crippen LogP contribution in [-0.4, -0.2) is 42.2 Å². The van der Waals surface area contributed by atoms with Crippen LogP contribution >= 0.6 is 11.3 Å². The van der Waals surface area contributed by atoms with E-state index in [0.717, 1.165) is 55.8 Å². The first-order valence-electron chi connectivity index (χ1n) is 9.78. The van der Waals surface area contributed by atoms with Crippen molar-refractivity contribution >= 4 is 17.2 Å². The van der Waals surface area contributed by atoms with Gasteiger partial charge in [0.25, 0.3) is 5.91 Å². The van der Waals surface area contributed by atoms with Crippen molar-refractivity contribution in [1.29, 1.82) is 0 Å². The summed E-state index contributed by atoms with van der Waals surface area (Å²) in [6.07, 6.45) is 3.91. The highest BCUT2D eigenvalue weighted by Crippen LogP contribution is 2.37. The normalized spacial score (nSPS) is 22.1. The maximum Gasteiger partial charge on any atom is 0.264 e. The van der Waals surface area contributed by atoms with Crippen LogP contribution < -0.4 is 0 Å². The van der Waals surface area contributed by atoms with Crippen molar-refractivity contribution in [2.75, 3.05) is 19.7 Å². The zero-order valence-electron chi connectivity index (χ0n) is 15.9. The summed E-state index contributed by atoms with van der Waals surface area (Å²) in [6.45, 7) is 4.94. The van der Waals surface area contributed by atoms with E-state index in [4.69, 9.17) is 9.47 Å². The molecule has 0 aliphatic carbocycles. The minimum Gasteiger partial charge on any atom is -0.375 e. The number of aryl methyl sites for hydroxylation is 1. The van der Waals surface area contributed by atoms with E-state index in [2.05, 4.69) is 12.1 Å². The Balaban J connectivity index is 1.32. The van der Waals surface area contributed by atoms with Crippen LogP contribution in [0.15, 0.2) is 41.8 Å². The summed E-state index contributed by atoms with van der Waals surface area (Å²) in [5.41, 5.74) is 2.17. The minimum atomic E-state index is -0.124. The molecule has 1 unspecified atom stereocenters. The first-order chi connectivity index (χ1) is 13.2. The van der Waals surface area contributed by atoms with Gasteiger partial charge in [0.1, 0.15) is 0 Å². The number of benzene rings is 1. The molecule has 27 heavy (non-hydrogen) atoms. The standard InChI is InChI=1S/C22H27NO3S/c1-17-8-14-27-20(17)21(24)23-11-9-22(10-12-23)15-19(7-13-26-22)25-16-18-5-3-2-4-6-18/h2-6,8,14,19H,7,9-13,15-16H2,1H3. The van der Waals surface area contributed by atoms with Gasteiger partial charge in [-0.15, -0.1) is 11.3 Å². The smallest absolute Gasteiger partial charge is 0.264 e. The average molecular weight is 386 g/mol. The van der Waals surface area contributed by atoms with Crippen LogP contribution in [-0.2, 0) is 16.1 Å². The number of hydrogen-bond donors (Lipinski definition) is 0. The summed E-state index contributed by atoms with van der Waals surface area (Å²) in [7, 11) is 0. The molecule has 1 aromatic carbocycles. The number of rotatable bonds is 4. The molecule has 1 atom stereocenters. The van der Waals surface area contributed by atoms with Crippen LogP contribution in [0.1, 0.15) is 46.5 Å². The van der Waals surface area contributed by atoms with Crippen LogP contribution in [0.25, 0.3) is 0 Å². The number of hydrogen-bond acceptors (Lipinski definition) is 4. The Morgan fingerprint density at radius 3 is 2.74 bits per heavy atom. The van der Waals surface area contributed by atoms with Crippen LogP contribution in [0.3, 0.4) is 0 Å². The van der Waals surface area contributed by atoms with E-state index in [9.17, 15) is 4.79 Å². The highest BCUT2D eigenvalue weighted by atomic mass is 32.1. The van der Waals surface area contributed by atoms with Crippen molar-refractivity contribution < 1.29 is 14.3 Å². The second kappa shape index (κ2) is 8.13. The molecule has 0 radical (unpaired) electrons. The van der Waals surface area contributed by atoms with Gasteiger partial charge in [-0.1, -0.05) is 30.3 Å². The van der Waals surface area contributed by atoms with Gasteiger partial charge in [-0.25, -0.2) is 0 Å². The van der Waals surface area contributed by atoms with Crippen molar-refractivity contribution in [2.24, 2.45) is 0 Å². The van der Waals surface area contributed by atoms with Gasteiger partial charge in [-0.2, -0.15) is 0 Å². The van der Waals surface area contributed by atoms with E-state index >= 15 is 0 Å². The average Bonchev–Trinajstić information content (AvgIpc) is 3.13. The Bertz CT molecular complexity index is 765. The molecule has 2 fully saturated rings. The van der Waals surface area contributed by atoms with Gasteiger partial charge in [0.15, 0.2) is 0 Å². The molecular formula is C22H27NO3S. The van der Waals surface area contributed by atoms with Crippen molar-refractivity contribution in [3.63, 3.8) is 0 Å². The Kier molecular flexibility index (Phi) is 5.62. The van der Waals surface area contributed by atoms with E-state index in [0.29, 0.717) is 6.61 Å². The zero-order chi connectivity index (χ0) is 18.7. The summed E-state index contributed by atoms with van der Waals surface area (Å²) in [5, 5.41) is 1.99. The van der Waals surface area contributed by atoms with Crippen LogP contribution in [0, 0.1) is 6.92 Å². The number of thiophene rings is 1. The van der Waals surface area contributed by atoms with Crippen molar-refractivity contribution in [2.45, 2.75) is 50.9 Å². The fraction of sp³-hybridized carbons (Fsp3) is 0.500. The summed E-state index contributed by atoms with van der Waals surface area (Å²) in [6, 6.07) is 12.3. The lowest BCUT2D eigenvalue weighted by atomic mass is 9.83. The molecule has 5 heteroatoms. The van der Waals surface area contributed by atoms with Gasteiger partial charge in [0.2, 0.25) is 0 Å². The Morgan fingerprint density at radius 2 is 2.04 bits per heavy atom. The molecule has 1 amide bonds. The lowest BCUT2D eigenvalue weighted by molar-refractivity contribution is -0.154. The fourth-order valence-corrected chi connectivity index (χ4v) is 5.01. The number of ether oxygens (including phenoxy) is 2. The quantitative estimate of drug-likeness (QED) is 0.782. The highest BCUT2D eigenvalue weighted by molar-refractivity contribution is 7.12. The maximum atomic E-state index is 12.7. The van der Waals surface area contributed by atoms with Crippen LogP contribution in [0.2, 0.25) is 0 Å². The lowest BCUT2D eigenvalue weighted by Crippen LogP contribution is -2.52. The van der Waals surface area contributed by atoms with Gasteiger partial charge < -0.3 is 14.4 Å². The molecule has 0 bridgehead atoms. The number of carbonyl (C=O) groups is 1. The molecule has 144 valence electrons. The molecule has 0 N–H and O–H groups in total. The van der Waals surface area contributed by atoms with E-state index in [1.807, 2.05) is 41.5 Å². The number of carbonyl (C=O) groups excluding carboxylic acids is 1. The number of amides is 1. The van der Waals surface area contributed by atoms with Gasteiger partial charge in [-0.3, -0.25) is 4.79 Å². The molecular weight excluding hydrogens is 358 g/mol. The SMILES string of the molecule is Cc1ccsc1C(=O)N1CCC2(CC1)CC(OCc1ccccc1)CCO2. The molecule has 1 aromatic heterocycles. The first kappa shape index (κ1) is 18.7. The van der Waals surface area contributed by atoms with Gasteiger partial charge in [-0.05, 0) is 48.8 Å². The predicted octanol–water partition coefficient (Wildman–Crippen LogP) is 4.43. The van der Waals surface area contributed by atoms with E-state index in [1.165, 1.54) is 5.56 Å². The maximum absolute atomic E-state index is 12.7. The summed E-state index contributed by atoms with van der Waals surface area (Å²) < 4.78 is 12.4. The summed E-state index contributed by atoms with van der Waals surface area (Å²) in [5.74, 6) is 0.171. The van der Waals surface area contributed by atoms with E-state index in [-0.39, 0.29) is 17.6 Å². The molecule has 3 heterocycles. The Labute approximate surface area is 165 Å². The minimum absolute atomic E-state index is 0.124. The first-order valence-corrected chi connectivity index (χ1v) is 10.7. The lowest BCUT2D eigenvalue weighted by Gasteiger charge is -2.46. The third-order valence-electron chi connectivity index (χ3n) is 5.79. The van der Waals surface area contributed by atoms with Crippen molar-refractivity contribution in [3.8, 4) is 0 Å². The largest absolute Gasteiger partial charge is 0.375 e. The second-order valence-corrected chi connectivity index (χ2v) is 8.58. The summed E-state index contributed by atoms with van der Waals surface area (Å²) >= 11 is 1.54. The molecule has 0 saturated carbocycles. The Morgan fingerprint density at radius 1 is 1.26 bits per heavy atom. The number of piperidine rings is 1. The third-order valence-corrected chi connectivity index (χ3v) is 6.80. The van der Waals surface area contributed by atoms with Gasteiger partial charge >= 0.3 is 0 Å². The highest BCUT2D eigenvalue weighted by Gasteiger charge is 2.41. The molecule has 2 aliphatic heterocycles. The third kappa shape index (κ3) is 4.26.